The molecule has 0 bridgehead atoms. The van der Waals surface area contributed by atoms with E-state index in [2.05, 4.69) is 19.2 Å². The van der Waals surface area contributed by atoms with Crippen LogP contribution < -0.4 is 5.32 Å². The molecule has 25 heavy (non-hydrogen) atoms. The zero-order valence-corrected chi connectivity index (χ0v) is 15.4. The molecule has 0 aromatic heterocycles. The fourth-order valence-corrected chi connectivity index (χ4v) is 3.14. The normalized spacial score (nSPS) is 16.8. The number of likely N-dealkylation sites (tertiary alicyclic amines) is 1. The third-order valence-corrected chi connectivity index (χ3v) is 4.81. The first-order valence-electron chi connectivity index (χ1n) is 9.22. The number of nitrogens with one attached hydrogen (secondary N) is 1. The fraction of sp³-hybridized carbons (Fsp3) is 0.600. The highest BCUT2D eigenvalue weighted by molar-refractivity contribution is 5.94. The molecular weight excluding hydrogens is 319 g/mol. The van der Waals surface area contributed by atoms with Gasteiger partial charge < -0.3 is 10.2 Å². The summed E-state index contributed by atoms with van der Waals surface area (Å²) < 4.78 is 13.0. The second-order valence-corrected chi connectivity index (χ2v) is 7.45. The largest absolute Gasteiger partial charge is 0.353 e. The molecule has 2 amide bonds. The fourth-order valence-electron chi connectivity index (χ4n) is 3.14. The SMILES string of the molecule is CC(C)CC[C@@H](C)NC(=O)C1CCN(C(=O)c2ccc(F)cc2)CC1. The van der Waals surface area contributed by atoms with Crippen molar-refractivity contribution >= 4 is 11.8 Å². The van der Waals surface area contributed by atoms with Gasteiger partial charge in [-0.1, -0.05) is 13.8 Å². The van der Waals surface area contributed by atoms with Crippen LogP contribution in [0.2, 0.25) is 0 Å². The van der Waals surface area contributed by atoms with E-state index in [0.29, 0.717) is 37.4 Å². The molecule has 0 spiro atoms. The molecule has 0 radical (unpaired) electrons. The second kappa shape index (κ2) is 8.97. The summed E-state index contributed by atoms with van der Waals surface area (Å²) in [4.78, 5) is 26.5. The number of carbonyl (C=O) groups excluding carboxylic acids is 2. The maximum Gasteiger partial charge on any atom is 0.253 e. The van der Waals surface area contributed by atoms with Crippen LogP contribution in [0.4, 0.5) is 4.39 Å². The van der Waals surface area contributed by atoms with Gasteiger partial charge in [-0.25, -0.2) is 4.39 Å². The van der Waals surface area contributed by atoms with Gasteiger partial charge in [0.05, 0.1) is 0 Å². The van der Waals surface area contributed by atoms with Crippen molar-refractivity contribution in [2.24, 2.45) is 11.8 Å². The number of hydrogen-bond acceptors (Lipinski definition) is 2. The van der Waals surface area contributed by atoms with Gasteiger partial charge in [0, 0.05) is 30.6 Å². The highest BCUT2D eigenvalue weighted by Crippen LogP contribution is 2.20. The van der Waals surface area contributed by atoms with Crippen molar-refractivity contribution < 1.29 is 14.0 Å². The first-order chi connectivity index (χ1) is 11.9. The van der Waals surface area contributed by atoms with E-state index >= 15 is 0 Å². The van der Waals surface area contributed by atoms with E-state index in [9.17, 15) is 14.0 Å². The lowest BCUT2D eigenvalue weighted by Crippen LogP contribution is -2.44. The zero-order valence-electron chi connectivity index (χ0n) is 15.4. The van der Waals surface area contributed by atoms with Gasteiger partial charge in [-0.3, -0.25) is 9.59 Å². The Hall–Kier alpha value is -1.91. The first kappa shape index (κ1) is 19.4. The smallest absolute Gasteiger partial charge is 0.253 e. The van der Waals surface area contributed by atoms with Crippen molar-refractivity contribution in [3.63, 3.8) is 0 Å². The van der Waals surface area contributed by atoms with Crippen LogP contribution in [0.3, 0.4) is 0 Å². The number of carbonyl (C=O) groups is 2. The zero-order chi connectivity index (χ0) is 18.4. The van der Waals surface area contributed by atoms with Crippen LogP contribution in [-0.2, 0) is 4.79 Å². The summed E-state index contributed by atoms with van der Waals surface area (Å²) >= 11 is 0. The molecule has 0 unspecified atom stereocenters. The molecule has 1 aliphatic rings. The van der Waals surface area contributed by atoms with E-state index in [4.69, 9.17) is 0 Å². The summed E-state index contributed by atoms with van der Waals surface area (Å²) in [7, 11) is 0. The van der Waals surface area contributed by atoms with Crippen molar-refractivity contribution in [1.82, 2.24) is 10.2 Å². The Bertz CT molecular complexity index is 578. The molecule has 4 nitrogen and oxygen atoms in total. The molecule has 2 rings (SSSR count). The lowest BCUT2D eigenvalue weighted by molar-refractivity contribution is -0.127. The highest BCUT2D eigenvalue weighted by atomic mass is 19.1. The van der Waals surface area contributed by atoms with E-state index in [1.165, 1.54) is 24.3 Å². The van der Waals surface area contributed by atoms with E-state index in [1.807, 2.05) is 6.92 Å². The molecule has 1 aliphatic heterocycles. The lowest BCUT2D eigenvalue weighted by atomic mass is 9.94. The molecular formula is C20H29FN2O2. The topological polar surface area (TPSA) is 49.4 Å². The third kappa shape index (κ3) is 5.83. The summed E-state index contributed by atoms with van der Waals surface area (Å²) in [6.45, 7) is 7.54. The van der Waals surface area contributed by atoms with Gasteiger partial charge in [0.15, 0.2) is 0 Å². The van der Waals surface area contributed by atoms with Gasteiger partial charge in [0.1, 0.15) is 5.82 Å². The van der Waals surface area contributed by atoms with E-state index in [0.717, 1.165) is 12.8 Å². The van der Waals surface area contributed by atoms with Gasteiger partial charge in [-0.05, 0) is 62.8 Å². The van der Waals surface area contributed by atoms with Crippen LogP contribution >= 0.6 is 0 Å². The first-order valence-corrected chi connectivity index (χ1v) is 9.22. The highest BCUT2D eigenvalue weighted by Gasteiger charge is 2.28. The molecule has 1 fully saturated rings. The van der Waals surface area contributed by atoms with E-state index in [-0.39, 0.29) is 29.6 Å². The predicted molar refractivity (Wildman–Crippen MR) is 96.7 cm³/mol. The van der Waals surface area contributed by atoms with Gasteiger partial charge in [0.25, 0.3) is 5.91 Å². The molecule has 1 aromatic rings. The number of benzene rings is 1. The number of rotatable bonds is 6. The average Bonchev–Trinajstić information content (AvgIpc) is 2.60. The van der Waals surface area contributed by atoms with Crippen LogP contribution in [0.25, 0.3) is 0 Å². The summed E-state index contributed by atoms with van der Waals surface area (Å²) in [5.41, 5.74) is 0.492. The van der Waals surface area contributed by atoms with Gasteiger partial charge in [0.2, 0.25) is 5.91 Å². The Morgan fingerprint density at radius 2 is 1.72 bits per heavy atom. The van der Waals surface area contributed by atoms with E-state index < -0.39 is 0 Å². The number of amides is 2. The molecule has 1 N–H and O–H groups in total. The van der Waals surface area contributed by atoms with Crippen LogP contribution in [0.1, 0.15) is 56.8 Å². The van der Waals surface area contributed by atoms with E-state index in [1.54, 1.807) is 4.90 Å². The quantitative estimate of drug-likeness (QED) is 0.854. The predicted octanol–water partition coefficient (Wildman–Crippen LogP) is 3.62. The molecule has 0 saturated carbocycles. The Kier molecular flexibility index (Phi) is 6.97. The van der Waals surface area contributed by atoms with Crippen LogP contribution in [-0.4, -0.2) is 35.8 Å². The van der Waals surface area contributed by atoms with Crippen molar-refractivity contribution in [2.75, 3.05) is 13.1 Å². The van der Waals surface area contributed by atoms with Crippen molar-refractivity contribution in [1.29, 1.82) is 0 Å². The average molecular weight is 348 g/mol. The Morgan fingerprint density at radius 3 is 2.28 bits per heavy atom. The summed E-state index contributed by atoms with van der Waals surface area (Å²) in [6.07, 6.45) is 3.45. The molecule has 1 heterocycles. The van der Waals surface area contributed by atoms with Gasteiger partial charge in [-0.15, -0.1) is 0 Å². The third-order valence-electron chi connectivity index (χ3n) is 4.81. The minimum atomic E-state index is -0.349. The summed E-state index contributed by atoms with van der Waals surface area (Å²) in [5.74, 6) is 0.270. The summed E-state index contributed by atoms with van der Waals surface area (Å²) in [5, 5.41) is 3.10. The Labute approximate surface area is 149 Å². The minimum Gasteiger partial charge on any atom is -0.353 e. The Morgan fingerprint density at radius 1 is 1.12 bits per heavy atom. The van der Waals surface area contributed by atoms with Crippen molar-refractivity contribution in [3.05, 3.63) is 35.6 Å². The van der Waals surface area contributed by atoms with Crippen molar-refractivity contribution in [2.45, 2.75) is 52.5 Å². The molecule has 5 heteroatoms. The molecule has 0 aliphatic carbocycles. The number of nitrogens with zero attached hydrogens (tertiary/aromatic N) is 1. The van der Waals surface area contributed by atoms with Crippen LogP contribution in [0.5, 0.6) is 0 Å². The molecule has 1 saturated heterocycles. The number of hydrogen-bond donors (Lipinski definition) is 1. The minimum absolute atomic E-state index is 0.0289. The molecule has 138 valence electrons. The standard InChI is InChI=1S/C20H29FN2O2/c1-14(2)4-5-15(3)22-19(24)16-10-12-23(13-11-16)20(25)17-6-8-18(21)9-7-17/h6-9,14-16H,4-5,10-13H2,1-3H3,(H,22,24)/t15-/m1/s1. The maximum atomic E-state index is 13.0. The van der Waals surface area contributed by atoms with Gasteiger partial charge >= 0.3 is 0 Å². The lowest BCUT2D eigenvalue weighted by Gasteiger charge is -2.32. The monoisotopic (exact) mass is 348 g/mol. The second-order valence-electron chi connectivity index (χ2n) is 7.45. The number of halogens is 1. The molecule has 1 atom stereocenters. The number of piperidine rings is 1. The van der Waals surface area contributed by atoms with Gasteiger partial charge in [-0.2, -0.15) is 0 Å². The van der Waals surface area contributed by atoms with Crippen LogP contribution in [0.15, 0.2) is 24.3 Å². The Balaban J connectivity index is 1.79. The molecule has 1 aromatic carbocycles. The van der Waals surface area contributed by atoms with Crippen molar-refractivity contribution in [3.8, 4) is 0 Å². The summed E-state index contributed by atoms with van der Waals surface area (Å²) in [6, 6.07) is 5.80. The van der Waals surface area contributed by atoms with Crippen LogP contribution in [0, 0.1) is 17.7 Å². The maximum absolute atomic E-state index is 13.0.